The maximum atomic E-state index is 14.1. The van der Waals surface area contributed by atoms with E-state index in [1.165, 1.54) is 17.0 Å². The Bertz CT molecular complexity index is 1610. The highest BCUT2D eigenvalue weighted by molar-refractivity contribution is 5.93. The number of aromatic nitrogens is 3. The molecule has 1 saturated heterocycles. The third-order valence-corrected chi connectivity index (χ3v) is 8.57. The fourth-order valence-corrected chi connectivity index (χ4v) is 6.31. The molecule has 1 aliphatic carbocycles. The number of piperazine rings is 1. The normalized spacial score (nSPS) is 18.7. The van der Waals surface area contributed by atoms with Gasteiger partial charge in [-0.25, -0.2) is 18.7 Å². The summed E-state index contributed by atoms with van der Waals surface area (Å²) < 4.78 is 62.0. The van der Waals surface area contributed by atoms with Gasteiger partial charge in [-0.1, -0.05) is 32.1 Å². The van der Waals surface area contributed by atoms with E-state index in [1.54, 1.807) is 32.6 Å². The number of nitrogens with zero attached hydrogens (tertiary/aromatic N) is 5. The summed E-state index contributed by atoms with van der Waals surface area (Å²) in [4.78, 5) is 47.2. The molecule has 5 rings (SSSR count). The summed E-state index contributed by atoms with van der Waals surface area (Å²) in [5.74, 6) is -1.12. The third kappa shape index (κ3) is 8.20. The highest BCUT2D eigenvalue weighted by Crippen LogP contribution is 2.35. The van der Waals surface area contributed by atoms with Crippen LogP contribution in [0.15, 0.2) is 36.5 Å². The number of rotatable bonds is 6. The molecule has 2 fully saturated rings. The second-order valence-electron chi connectivity index (χ2n) is 13.4. The Kier molecular flexibility index (Phi) is 9.78. The molecule has 14 heteroatoms. The molecule has 2 aliphatic rings. The lowest BCUT2D eigenvalue weighted by Crippen LogP contribution is -2.60. The standard InChI is InChI=1S/C33H40F4N6O4/c1-20-18-41(14-15-42(20)30(45)26(16-21-8-6-5-7-9-21)39-31(46)47-32(2,3)4)29(44)27-19-43-28(38-27)24(33(35,36)37)17-25(40-43)22-10-12-23(34)13-11-22/h10-13,17,19-21,26H,5-9,14-16,18H2,1-4H3,(H,39,46)/t20-,26?/m0/s1. The Morgan fingerprint density at radius 1 is 1.04 bits per heavy atom. The fourth-order valence-electron chi connectivity index (χ4n) is 6.31. The number of hydrogen-bond donors (Lipinski definition) is 1. The van der Waals surface area contributed by atoms with Gasteiger partial charge in [-0.3, -0.25) is 9.59 Å². The van der Waals surface area contributed by atoms with Crippen molar-refractivity contribution in [2.45, 2.75) is 90.1 Å². The van der Waals surface area contributed by atoms with Gasteiger partial charge in [0.15, 0.2) is 5.65 Å². The molecule has 1 aliphatic heterocycles. The van der Waals surface area contributed by atoms with E-state index in [1.807, 2.05) is 0 Å². The molecule has 2 atom stereocenters. The number of alkyl halides is 3. The molecule has 1 unspecified atom stereocenters. The summed E-state index contributed by atoms with van der Waals surface area (Å²) in [6.45, 7) is 7.41. The molecule has 47 heavy (non-hydrogen) atoms. The van der Waals surface area contributed by atoms with Crippen LogP contribution in [0.3, 0.4) is 0 Å². The van der Waals surface area contributed by atoms with E-state index >= 15 is 0 Å². The van der Waals surface area contributed by atoms with Gasteiger partial charge >= 0.3 is 12.3 Å². The lowest BCUT2D eigenvalue weighted by Gasteiger charge is -2.41. The lowest BCUT2D eigenvalue weighted by molar-refractivity contribution is -0.138. The molecule has 254 valence electrons. The van der Waals surface area contributed by atoms with Gasteiger partial charge < -0.3 is 19.9 Å². The van der Waals surface area contributed by atoms with Crippen LogP contribution < -0.4 is 5.32 Å². The molecule has 3 heterocycles. The van der Waals surface area contributed by atoms with Gasteiger partial charge in [0.05, 0.1) is 11.9 Å². The summed E-state index contributed by atoms with van der Waals surface area (Å²) in [7, 11) is 0. The average molecular weight is 661 g/mol. The van der Waals surface area contributed by atoms with E-state index in [2.05, 4.69) is 15.4 Å². The second-order valence-corrected chi connectivity index (χ2v) is 13.4. The number of hydrogen-bond acceptors (Lipinski definition) is 6. The van der Waals surface area contributed by atoms with Crippen molar-refractivity contribution in [2.24, 2.45) is 5.92 Å². The van der Waals surface area contributed by atoms with Crippen molar-refractivity contribution in [2.75, 3.05) is 19.6 Å². The number of fused-ring (bicyclic) bond motifs is 1. The van der Waals surface area contributed by atoms with Crippen LogP contribution in [0.1, 0.15) is 82.3 Å². The molecule has 2 aromatic heterocycles. The van der Waals surface area contributed by atoms with E-state index in [0.717, 1.165) is 61.0 Å². The monoisotopic (exact) mass is 660 g/mol. The molecule has 0 spiro atoms. The van der Waals surface area contributed by atoms with Crippen molar-refractivity contribution in [3.63, 3.8) is 0 Å². The van der Waals surface area contributed by atoms with Crippen LogP contribution in [0.25, 0.3) is 16.9 Å². The minimum absolute atomic E-state index is 0.0651. The Labute approximate surface area is 270 Å². The number of nitrogens with one attached hydrogen (secondary N) is 1. The van der Waals surface area contributed by atoms with E-state index in [0.29, 0.717) is 12.3 Å². The molecule has 3 aromatic rings. The minimum Gasteiger partial charge on any atom is -0.444 e. The van der Waals surface area contributed by atoms with Gasteiger partial charge in [0.25, 0.3) is 5.91 Å². The van der Waals surface area contributed by atoms with Gasteiger partial charge in [-0.15, -0.1) is 0 Å². The molecule has 10 nitrogen and oxygen atoms in total. The largest absolute Gasteiger partial charge is 0.444 e. The third-order valence-electron chi connectivity index (χ3n) is 8.57. The molecule has 1 aromatic carbocycles. The quantitative estimate of drug-likeness (QED) is 0.321. The number of benzene rings is 1. The van der Waals surface area contributed by atoms with Gasteiger partial charge in [0, 0.05) is 31.2 Å². The number of halogens is 4. The Hall–Kier alpha value is -4.23. The Balaban J connectivity index is 1.33. The van der Waals surface area contributed by atoms with Crippen LogP contribution in [-0.2, 0) is 15.7 Å². The highest BCUT2D eigenvalue weighted by atomic mass is 19.4. The van der Waals surface area contributed by atoms with Crippen molar-refractivity contribution in [3.05, 3.63) is 53.6 Å². The van der Waals surface area contributed by atoms with Crippen molar-refractivity contribution >= 4 is 23.6 Å². The van der Waals surface area contributed by atoms with E-state index in [9.17, 15) is 31.9 Å². The van der Waals surface area contributed by atoms with E-state index in [-0.39, 0.29) is 42.5 Å². The predicted molar refractivity (Wildman–Crippen MR) is 165 cm³/mol. The first-order valence-electron chi connectivity index (χ1n) is 15.9. The number of carbonyl (C=O) groups excluding carboxylic acids is 3. The van der Waals surface area contributed by atoms with Gasteiger partial charge in [0.1, 0.15) is 28.7 Å². The van der Waals surface area contributed by atoms with Crippen molar-refractivity contribution in [1.29, 1.82) is 0 Å². The SMILES string of the molecule is C[C@H]1CN(C(=O)c2cn3nc(-c4ccc(F)cc4)cc(C(F)(F)F)c3n2)CCN1C(=O)C(CC1CCCCC1)NC(=O)OC(C)(C)C. The Morgan fingerprint density at radius 3 is 2.34 bits per heavy atom. The zero-order chi connectivity index (χ0) is 34.1. The summed E-state index contributed by atoms with van der Waals surface area (Å²) in [5, 5.41) is 7.01. The number of ether oxygens (including phenoxy) is 1. The van der Waals surface area contributed by atoms with Crippen LogP contribution in [0.5, 0.6) is 0 Å². The summed E-state index contributed by atoms with van der Waals surface area (Å²) in [6.07, 6.45) is 1.42. The maximum Gasteiger partial charge on any atom is 0.420 e. The van der Waals surface area contributed by atoms with Gasteiger partial charge in [-0.2, -0.15) is 18.3 Å². The molecule has 0 radical (unpaired) electrons. The van der Waals surface area contributed by atoms with Crippen molar-refractivity contribution < 1.29 is 36.7 Å². The highest BCUT2D eigenvalue weighted by Gasteiger charge is 2.38. The molecular formula is C33H40F4N6O4. The summed E-state index contributed by atoms with van der Waals surface area (Å²) in [5.41, 5.74) is -2.39. The van der Waals surface area contributed by atoms with Crippen LogP contribution >= 0.6 is 0 Å². The summed E-state index contributed by atoms with van der Waals surface area (Å²) in [6, 6.07) is 4.46. The van der Waals surface area contributed by atoms with Gasteiger partial charge in [-0.05, 0) is 70.4 Å². The first kappa shape index (κ1) is 34.1. The van der Waals surface area contributed by atoms with E-state index in [4.69, 9.17) is 4.74 Å². The van der Waals surface area contributed by atoms with Crippen LogP contribution in [0, 0.1) is 11.7 Å². The number of amides is 3. The predicted octanol–water partition coefficient (Wildman–Crippen LogP) is 6.09. The first-order valence-corrected chi connectivity index (χ1v) is 15.9. The number of carbonyl (C=O) groups is 3. The van der Waals surface area contributed by atoms with Crippen molar-refractivity contribution in [1.82, 2.24) is 29.7 Å². The Morgan fingerprint density at radius 2 is 1.72 bits per heavy atom. The zero-order valence-electron chi connectivity index (χ0n) is 26.9. The fraction of sp³-hybridized carbons (Fsp3) is 0.545. The van der Waals surface area contributed by atoms with E-state index < -0.39 is 52.9 Å². The molecule has 0 bridgehead atoms. The maximum absolute atomic E-state index is 14.1. The zero-order valence-corrected chi connectivity index (χ0v) is 26.9. The second kappa shape index (κ2) is 13.5. The van der Waals surface area contributed by atoms with Crippen LogP contribution in [-0.4, -0.2) is 79.6 Å². The van der Waals surface area contributed by atoms with Crippen LogP contribution in [0.4, 0.5) is 22.4 Å². The number of alkyl carbamates (subject to hydrolysis) is 1. The molecule has 3 amide bonds. The molecule has 1 saturated carbocycles. The van der Waals surface area contributed by atoms with Gasteiger partial charge in [0.2, 0.25) is 5.91 Å². The smallest absolute Gasteiger partial charge is 0.420 e. The van der Waals surface area contributed by atoms with Crippen LogP contribution in [0.2, 0.25) is 0 Å². The topological polar surface area (TPSA) is 109 Å². The number of imidazole rings is 1. The lowest BCUT2D eigenvalue weighted by atomic mass is 9.84. The average Bonchev–Trinajstić information content (AvgIpc) is 3.43. The molecule has 1 N–H and O–H groups in total. The first-order chi connectivity index (χ1) is 22.1. The van der Waals surface area contributed by atoms with Crippen molar-refractivity contribution in [3.8, 4) is 11.3 Å². The summed E-state index contributed by atoms with van der Waals surface area (Å²) >= 11 is 0. The minimum atomic E-state index is -4.80. The molecular weight excluding hydrogens is 620 g/mol.